The van der Waals surface area contributed by atoms with Crippen molar-refractivity contribution < 1.29 is 0 Å². The first-order chi connectivity index (χ1) is 70.9. The van der Waals surface area contributed by atoms with Crippen molar-refractivity contribution in [3.05, 3.63) is 556 Å². The summed E-state index contributed by atoms with van der Waals surface area (Å²) in [5.41, 5.74) is 39.0. The molecule has 682 valence electrons. The molecule has 0 aliphatic heterocycles. The Morgan fingerprint density at radius 2 is 0.361 bits per heavy atom. The van der Waals surface area contributed by atoms with Crippen LogP contribution in [-0.2, 0) is 10.8 Å². The van der Waals surface area contributed by atoms with Crippen molar-refractivity contribution in [3.8, 4) is 72.7 Å². The number of fused-ring (bicyclic) bond motifs is 18. The van der Waals surface area contributed by atoms with Crippen molar-refractivity contribution in [1.82, 2.24) is 13.7 Å². The number of benzene rings is 23. The van der Waals surface area contributed by atoms with Gasteiger partial charge in [-0.15, -0.1) is 0 Å². The molecule has 0 bridgehead atoms. The van der Waals surface area contributed by atoms with Gasteiger partial charge < -0.3 is 28.4 Å². The molecule has 23 aromatic carbocycles. The van der Waals surface area contributed by atoms with Crippen LogP contribution in [0.3, 0.4) is 0 Å². The van der Waals surface area contributed by atoms with E-state index in [9.17, 15) is 0 Å². The molecule has 2 aliphatic carbocycles. The van der Waals surface area contributed by atoms with E-state index in [2.05, 4.69) is 590 Å². The largest absolute Gasteiger partial charge is 0.311 e. The maximum atomic E-state index is 2.41. The summed E-state index contributed by atoms with van der Waals surface area (Å²) in [5, 5.41) is 15.2. The molecule has 0 saturated heterocycles. The molecule has 0 saturated carbocycles. The van der Waals surface area contributed by atoms with Crippen LogP contribution in [0.5, 0.6) is 0 Å². The molecule has 0 radical (unpaired) electrons. The van der Waals surface area contributed by atoms with E-state index in [4.69, 9.17) is 0 Å². The van der Waals surface area contributed by atoms with Gasteiger partial charge in [0.05, 0.1) is 33.1 Å². The van der Waals surface area contributed by atoms with E-state index in [1.807, 2.05) is 0 Å². The molecule has 28 rings (SSSR count). The molecule has 144 heavy (non-hydrogen) atoms. The average molecular weight is 1840 g/mol. The lowest BCUT2D eigenvalue weighted by molar-refractivity contribution is 0.660. The van der Waals surface area contributed by atoms with Gasteiger partial charge >= 0.3 is 0 Å². The van der Waals surface area contributed by atoms with Crippen LogP contribution in [0.1, 0.15) is 49.9 Å². The van der Waals surface area contributed by atoms with Gasteiger partial charge in [0.15, 0.2) is 0 Å². The van der Waals surface area contributed by atoms with Crippen LogP contribution in [0, 0.1) is 0 Å². The molecule has 0 fully saturated rings. The second kappa shape index (κ2) is 35.5. The van der Waals surface area contributed by atoms with Crippen LogP contribution < -0.4 is 14.7 Å². The van der Waals surface area contributed by atoms with E-state index in [0.29, 0.717) is 0 Å². The van der Waals surface area contributed by atoms with Crippen molar-refractivity contribution in [3.63, 3.8) is 0 Å². The smallest absolute Gasteiger partial charge is 0.0547 e. The van der Waals surface area contributed by atoms with Crippen molar-refractivity contribution in [2.75, 3.05) is 14.7 Å². The number of rotatable bonds is 15. The monoisotopic (exact) mass is 1840 g/mol. The van der Waals surface area contributed by atoms with E-state index in [0.717, 1.165) is 68.2 Å². The minimum Gasteiger partial charge on any atom is -0.311 e. The van der Waals surface area contributed by atoms with Crippen LogP contribution in [0.15, 0.2) is 534 Å². The van der Waals surface area contributed by atoms with Gasteiger partial charge in [0.25, 0.3) is 0 Å². The number of aromatic nitrogens is 3. The maximum Gasteiger partial charge on any atom is 0.0547 e. The Morgan fingerprint density at radius 1 is 0.146 bits per heavy atom. The zero-order valence-corrected chi connectivity index (χ0v) is 80.5. The summed E-state index contributed by atoms with van der Waals surface area (Å²) < 4.78 is 7.20. The van der Waals surface area contributed by atoms with Gasteiger partial charge in [-0.2, -0.15) is 0 Å². The maximum absolute atomic E-state index is 2.41. The first-order valence-corrected chi connectivity index (χ1v) is 49.9. The molecule has 26 aromatic rings. The first-order valence-electron chi connectivity index (χ1n) is 49.9. The predicted molar refractivity (Wildman–Crippen MR) is 610 cm³/mol. The summed E-state index contributed by atoms with van der Waals surface area (Å²) in [4.78, 5) is 7.06. The van der Waals surface area contributed by atoms with Crippen molar-refractivity contribution in [1.29, 1.82) is 0 Å². The van der Waals surface area contributed by atoms with Gasteiger partial charge in [0, 0.05) is 111 Å². The van der Waals surface area contributed by atoms with Gasteiger partial charge in [-0.1, -0.05) is 361 Å². The average Bonchev–Trinajstić information content (AvgIpc) is 1.58. The molecular weight excluding hydrogens is 1740 g/mol. The summed E-state index contributed by atoms with van der Waals surface area (Å²) in [6.07, 6.45) is 0. The highest BCUT2D eigenvalue weighted by atomic mass is 15.2. The summed E-state index contributed by atoms with van der Waals surface area (Å²) in [7, 11) is 0. The third kappa shape index (κ3) is 15.0. The highest BCUT2D eigenvalue weighted by Gasteiger charge is 2.38. The van der Waals surface area contributed by atoms with Gasteiger partial charge in [-0.3, -0.25) is 0 Å². The summed E-state index contributed by atoms with van der Waals surface area (Å²) >= 11 is 0. The highest BCUT2D eigenvalue weighted by molar-refractivity contribution is 6.17. The number of para-hydroxylation sites is 6. The number of anilines is 9. The van der Waals surface area contributed by atoms with Crippen molar-refractivity contribution >= 4 is 149 Å². The molecular formula is C138H100N6. The Hall–Kier alpha value is -18.4. The molecule has 0 unspecified atom stereocenters. The molecule has 0 spiro atoms. The quantitative estimate of drug-likeness (QED) is 0.102. The molecule has 6 heteroatoms. The van der Waals surface area contributed by atoms with Crippen LogP contribution >= 0.6 is 0 Å². The highest BCUT2D eigenvalue weighted by Crippen LogP contribution is 2.54. The third-order valence-electron chi connectivity index (χ3n) is 30.1. The normalized spacial score (nSPS) is 12.6. The Labute approximate surface area is 838 Å². The molecule has 0 atom stereocenters. The van der Waals surface area contributed by atoms with E-state index < -0.39 is 0 Å². The fraction of sp³-hybridized carbons (Fsp3) is 0.0435. The van der Waals surface area contributed by atoms with E-state index in [1.165, 1.54) is 176 Å². The zero-order chi connectivity index (χ0) is 96.1. The molecule has 2 aliphatic rings. The zero-order valence-electron chi connectivity index (χ0n) is 80.5. The van der Waals surface area contributed by atoms with Crippen molar-refractivity contribution in [2.45, 2.75) is 38.5 Å². The lowest BCUT2D eigenvalue weighted by atomic mass is 9.82. The Morgan fingerprint density at radius 3 is 0.681 bits per heavy atom. The van der Waals surface area contributed by atoms with E-state index >= 15 is 0 Å². The minimum absolute atomic E-state index is 0.0622. The summed E-state index contributed by atoms with van der Waals surface area (Å²) in [5.74, 6) is 0. The van der Waals surface area contributed by atoms with Crippen LogP contribution in [0.2, 0.25) is 0 Å². The van der Waals surface area contributed by atoms with Gasteiger partial charge in [0.2, 0.25) is 0 Å². The summed E-state index contributed by atoms with van der Waals surface area (Å²) in [6.45, 7) is 9.39. The first kappa shape index (κ1) is 86.0. The van der Waals surface area contributed by atoms with Crippen LogP contribution in [0.25, 0.3) is 170 Å². The number of hydrogen-bond donors (Lipinski definition) is 0. The molecule has 3 heterocycles. The van der Waals surface area contributed by atoms with Crippen LogP contribution in [0.4, 0.5) is 51.2 Å². The fourth-order valence-electron chi connectivity index (χ4n) is 22.9. The Bertz CT molecular complexity index is 9350. The minimum atomic E-state index is -0.0880. The van der Waals surface area contributed by atoms with Gasteiger partial charge in [-0.05, 0) is 310 Å². The van der Waals surface area contributed by atoms with Gasteiger partial charge in [0.1, 0.15) is 0 Å². The second-order valence-corrected chi connectivity index (χ2v) is 39.1. The summed E-state index contributed by atoms with van der Waals surface area (Å²) in [6, 6.07) is 194. The van der Waals surface area contributed by atoms with Crippen LogP contribution in [-0.4, -0.2) is 13.7 Å². The molecule has 0 N–H and O–H groups in total. The number of nitrogens with zero attached hydrogens (tertiary/aromatic N) is 6. The third-order valence-corrected chi connectivity index (χ3v) is 30.1. The van der Waals surface area contributed by atoms with E-state index in [-0.39, 0.29) is 10.8 Å². The van der Waals surface area contributed by atoms with E-state index in [1.54, 1.807) is 0 Å². The predicted octanol–water partition coefficient (Wildman–Crippen LogP) is 37.8. The molecule has 3 aromatic heterocycles. The lowest BCUT2D eigenvalue weighted by Crippen LogP contribution is -2.16. The Balaban J connectivity index is 0.000000111. The number of hydrogen-bond acceptors (Lipinski definition) is 3. The topological polar surface area (TPSA) is 24.5 Å². The Kier molecular flexibility index (Phi) is 21.2. The second-order valence-electron chi connectivity index (χ2n) is 39.1. The SMILES string of the molecule is CC1(C)c2ccccc2-c2ccc(N(c3ccc(-c4ccccc4)cc3)c3ccc(-n4c5ccccc5c5cc6ccccc6cc54)cc3)cc21.CC1(C)c2ccccc2-c2ccc(N(c3ccccc3)c3ccc(-c4ccc(-n5c6ccccc6c6cc7ccccc7cc65)cc4)cc3)cc21.c1ccc(N(c2ccccc2)c2ccc(-c3ccc(-n4c5ccccc5c5cc6ccccc6cc54)cc3)cc2)cc1. The standard InChI is InChI=1S/2C49H36N2.C40H28N2/c1-49(2)45-18-10-8-16-41(45)42-29-28-40(32-46(42)49)50(37-14-4-3-5-15-37)38-24-20-33(21-25-38)34-22-26-39(27-23-34)51-47-19-11-9-17-43(47)44-30-35-12-6-7-13-36(35)31-48(44)51;1-49(2)45-18-10-8-16-41(45)42-29-28-40(32-46(42)49)50(37-22-20-34(21-23-37)33-12-4-3-5-13-33)38-24-26-39(27-25-38)51-47-19-11-9-17-43(47)44-30-35-14-6-7-15-36(35)31-48(44)51;1-3-13-33(14-4-1)41(34-15-5-2-6-16-34)35-23-19-29(20-24-35)30-21-25-36(26-22-30)42-39-18-10-9-17-37(39)38-27-31-11-7-8-12-32(31)28-40(38)42/h2*3-32H,1-2H3;1-28H. The molecule has 0 amide bonds. The molecule has 6 nitrogen and oxygen atoms in total. The van der Waals surface area contributed by atoms with Crippen molar-refractivity contribution in [2.24, 2.45) is 0 Å². The lowest BCUT2D eigenvalue weighted by Gasteiger charge is -2.28. The van der Waals surface area contributed by atoms with Gasteiger partial charge in [-0.25, -0.2) is 0 Å². The fourth-order valence-corrected chi connectivity index (χ4v) is 22.9.